The summed E-state index contributed by atoms with van der Waals surface area (Å²) in [7, 11) is 0. The fourth-order valence-electron chi connectivity index (χ4n) is 4.91. The molecule has 218 valence electrons. The van der Waals surface area contributed by atoms with Gasteiger partial charge in [-0.25, -0.2) is 19.4 Å². The molecular weight excluding hydrogens is 542 g/mol. The molecule has 0 radical (unpaired) electrons. The summed E-state index contributed by atoms with van der Waals surface area (Å²) >= 11 is 0. The molecule has 4 N–H and O–H groups in total. The number of hydrogen-bond acceptors (Lipinski definition) is 8. The summed E-state index contributed by atoms with van der Waals surface area (Å²) in [5.41, 5.74) is 2.38. The van der Waals surface area contributed by atoms with Crippen LogP contribution in [0.4, 0.5) is 16.6 Å². The van der Waals surface area contributed by atoms with E-state index in [4.69, 9.17) is 4.74 Å². The summed E-state index contributed by atoms with van der Waals surface area (Å²) in [6.45, 7) is 2.46. The molecule has 1 fully saturated rings. The Hall–Kier alpha value is -5.20. The number of piperidine rings is 1. The molecule has 3 heterocycles. The standard InChI is InChI=1S/C29H31N7O6/c1-18-15-36(16-23(26(38)39)32-29(41)42-17-19-7-3-2-4-8-19)28(40)33-24(18)35-13-11-20(12-14-35)25(37)34-27-30-21-9-5-6-10-22(21)31-27/h2-10,15,20,23H,11-14,16-17H2,1H3,(H,32,41)(H,38,39)(H2,30,31,34,37)/t23-/m0/s1. The third-order valence-corrected chi connectivity index (χ3v) is 7.13. The fraction of sp³-hybridized carbons (Fsp3) is 0.310. The molecule has 4 aromatic rings. The van der Waals surface area contributed by atoms with Crippen molar-refractivity contribution in [1.29, 1.82) is 0 Å². The van der Waals surface area contributed by atoms with Crippen molar-refractivity contribution in [2.75, 3.05) is 23.3 Å². The Morgan fingerprint density at radius 3 is 2.50 bits per heavy atom. The number of benzene rings is 2. The first-order valence-electron chi connectivity index (χ1n) is 13.6. The number of aryl methyl sites for hydroxylation is 1. The van der Waals surface area contributed by atoms with Crippen LogP contribution in [0.1, 0.15) is 24.0 Å². The number of anilines is 2. The van der Waals surface area contributed by atoms with Crippen LogP contribution in [-0.4, -0.2) is 61.7 Å². The van der Waals surface area contributed by atoms with Crippen LogP contribution in [-0.2, 0) is 27.5 Å². The number of nitrogens with zero attached hydrogens (tertiary/aromatic N) is 4. The number of amides is 2. The number of carbonyl (C=O) groups excluding carboxylic acids is 2. The summed E-state index contributed by atoms with van der Waals surface area (Å²) in [4.78, 5) is 63.4. The maximum Gasteiger partial charge on any atom is 0.408 e. The molecule has 5 rings (SSSR count). The summed E-state index contributed by atoms with van der Waals surface area (Å²) in [5.74, 6) is -0.774. The zero-order valence-corrected chi connectivity index (χ0v) is 22.9. The molecule has 0 spiro atoms. The van der Waals surface area contributed by atoms with Gasteiger partial charge in [0.25, 0.3) is 0 Å². The highest BCUT2D eigenvalue weighted by molar-refractivity contribution is 5.92. The van der Waals surface area contributed by atoms with Crippen LogP contribution in [0.2, 0.25) is 0 Å². The highest BCUT2D eigenvalue weighted by atomic mass is 16.5. The quantitative estimate of drug-likeness (QED) is 0.235. The van der Waals surface area contributed by atoms with E-state index in [-0.39, 0.29) is 25.0 Å². The number of ether oxygens (including phenoxy) is 1. The van der Waals surface area contributed by atoms with Crippen molar-refractivity contribution in [2.24, 2.45) is 5.92 Å². The van der Waals surface area contributed by atoms with E-state index in [1.807, 2.05) is 35.2 Å². The first-order chi connectivity index (χ1) is 20.3. The van der Waals surface area contributed by atoms with Crippen LogP contribution in [0.15, 0.2) is 65.6 Å². The second-order valence-electron chi connectivity index (χ2n) is 10.1. The van der Waals surface area contributed by atoms with Gasteiger partial charge in [0.15, 0.2) is 0 Å². The van der Waals surface area contributed by atoms with Crippen molar-refractivity contribution < 1.29 is 24.2 Å². The zero-order valence-electron chi connectivity index (χ0n) is 22.9. The number of nitrogens with one attached hydrogen (secondary N) is 3. The number of hydrogen-bond donors (Lipinski definition) is 4. The van der Waals surface area contributed by atoms with Crippen LogP contribution in [0.25, 0.3) is 11.0 Å². The van der Waals surface area contributed by atoms with E-state index in [1.165, 1.54) is 6.20 Å². The lowest BCUT2D eigenvalue weighted by Gasteiger charge is -2.32. The third-order valence-electron chi connectivity index (χ3n) is 7.13. The van der Waals surface area contributed by atoms with Crippen molar-refractivity contribution in [2.45, 2.75) is 39.0 Å². The molecule has 2 aromatic heterocycles. The van der Waals surface area contributed by atoms with Crippen LogP contribution in [0, 0.1) is 12.8 Å². The Morgan fingerprint density at radius 2 is 1.79 bits per heavy atom. The molecule has 0 unspecified atom stereocenters. The first kappa shape index (κ1) is 28.3. The van der Waals surface area contributed by atoms with Gasteiger partial charge >= 0.3 is 17.8 Å². The Labute approximate surface area is 240 Å². The van der Waals surface area contributed by atoms with E-state index in [0.29, 0.717) is 43.3 Å². The number of fused-ring (bicyclic) bond motifs is 1. The molecule has 0 saturated carbocycles. The minimum Gasteiger partial charge on any atom is -0.480 e. The second kappa shape index (κ2) is 12.5. The number of alkyl carbamates (subject to hydrolysis) is 1. The van der Waals surface area contributed by atoms with Gasteiger partial charge in [-0.05, 0) is 37.5 Å². The van der Waals surface area contributed by atoms with Crippen molar-refractivity contribution in [3.05, 3.63) is 82.4 Å². The van der Waals surface area contributed by atoms with Gasteiger partial charge in [0, 0.05) is 30.8 Å². The van der Waals surface area contributed by atoms with Crippen molar-refractivity contribution >= 4 is 40.8 Å². The van der Waals surface area contributed by atoms with Crippen molar-refractivity contribution in [3.63, 3.8) is 0 Å². The lowest BCUT2D eigenvalue weighted by molar-refractivity contribution is -0.139. The SMILES string of the molecule is Cc1cn(C[C@H](NC(=O)OCc2ccccc2)C(=O)O)c(=O)nc1N1CCC(C(=O)Nc2nc3ccccc3[nH]2)CC1. The molecule has 42 heavy (non-hydrogen) atoms. The lowest BCUT2D eigenvalue weighted by atomic mass is 9.96. The molecule has 13 nitrogen and oxygen atoms in total. The van der Waals surface area contributed by atoms with Crippen LogP contribution in [0.3, 0.4) is 0 Å². The highest BCUT2D eigenvalue weighted by Gasteiger charge is 2.28. The number of imidazole rings is 1. The number of rotatable bonds is 9. The summed E-state index contributed by atoms with van der Waals surface area (Å²) in [6.07, 6.45) is 1.74. The van der Waals surface area contributed by atoms with Gasteiger partial charge in [-0.3, -0.25) is 14.7 Å². The monoisotopic (exact) mass is 573 g/mol. The largest absolute Gasteiger partial charge is 0.480 e. The normalized spacial score (nSPS) is 14.4. The minimum absolute atomic E-state index is 0.0213. The van der Waals surface area contributed by atoms with Crippen LogP contribution in [0.5, 0.6) is 0 Å². The smallest absolute Gasteiger partial charge is 0.408 e. The number of H-pyrrole nitrogens is 1. The van der Waals surface area contributed by atoms with Gasteiger partial charge < -0.3 is 25.0 Å². The lowest BCUT2D eigenvalue weighted by Crippen LogP contribution is -2.46. The predicted molar refractivity (Wildman–Crippen MR) is 154 cm³/mol. The molecule has 1 aliphatic rings. The molecular formula is C29H31N7O6. The Kier molecular flexibility index (Phi) is 8.46. The van der Waals surface area contributed by atoms with Crippen molar-refractivity contribution in [3.8, 4) is 0 Å². The van der Waals surface area contributed by atoms with Crippen molar-refractivity contribution in [1.82, 2.24) is 24.8 Å². The number of carboxylic acids is 1. The minimum atomic E-state index is -1.40. The molecule has 1 aliphatic heterocycles. The molecule has 1 atom stereocenters. The Bertz CT molecular complexity index is 1610. The van der Waals surface area contributed by atoms with Gasteiger partial charge in [-0.1, -0.05) is 42.5 Å². The van der Waals surface area contributed by atoms with Gasteiger partial charge in [0.2, 0.25) is 11.9 Å². The van der Waals surface area contributed by atoms with E-state index < -0.39 is 23.8 Å². The Morgan fingerprint density at radius 1 is 1.07 bits per heavy atom. The van der Waals surface area contributed by atoms with Gasteiger partial charge in [0.05, 0.1) is 17.6 Å². The average molecular weight is 574 g/mol. The van der Waals surface area contributed by atoms with E-state index in [2.05, 4.69) is 25.6 Å². The summed E-state index contributed by atoms with van der Waals surface area (Å²) in [6, 6.07) is 15.1. The third kappa shape index (κ3) is 6.74. The highest BCUT2D eigenvalue weighted by Crippen LogP contribution is 2.25. The van der Waals surface area contributed by atoms with Gasteiger partial charge in [-0.15, -0.1) is 0 Å². The van der Waals surface area contributed by atoms with E-state index >= 15 is 0 Å². The Balaban J connectivity index is 1.16. The van der Waals surface area contributed by atoms with Gasteiger partial charge in [0.1, 0.15) is 18.5 Å². The van der Waals surface area contributed by atoms with Crippen LogP contribution >= 0.6 is 0 Å². The summed E-state index contributed by atoms with van der Waals surface area (Å²) in [5, 5.41) is 14.8. The predicted octanol–water partition coefficient (Wildman–Crippen LogP) is 2.66. The molecule has 0 aliphatic carbocycles. The number of aliphatic carboxylic acids is 1. The molecule has 2 aromatic carbocycles. The molecule has 2 amide bonds. The number of carboxylic acid groups (broad SMARTS) is 1. The maximum absolute atomic E-state index is 12.9. The maximum atomic E-state index is 12.9. The molecule has 1 saturated heterocycles. The topological polar surface area (TPSA) is 172 Å². The van der Waals surface area contributed by atoms with E-state index in [0.717, 1.165) is 21.2 Å². The second-order valence-corrected chi connectivity index (χ2v) is 10.1. The average Bonchev–Trinajstić information content (AvgIpc) is 3.40. The van der Waals surface area contributed by atoms with Crippen LogP contribution < -0.4 is 21.2 Å². The van der Waals surface area contributed by atoms with E-state index in [1.54, 1.807) is 31.2 Å². The zero-order chi connectivity index (χ0) is 29.6. The molecule has 13 heteroatoms. The fourth-order valence-corrected chi connectivity index (χ4v) is 4.91. The number of aromatic amines is 1. The summed E-state index contributed by atoms with van der Waals surface area (Å²) < 4.78 is 6.27. The molecule has 0 bridgehead atoms. The first-order valence-corrected chi connectivity index (χ1v) is 13.6. The number of carbonyl (C=O) groups is 3. The van der Waals surface area contributed by atoms with E-state index in [9.17, 15) is 24.3 Å². The number of para-hydroxylation sites is 2. The number of aromatic nitrogens is 4. The van der Waals surface area contributed by atoms with Gasteiger partial charge in [-0.2, -0.15) is 4.98 Å².